The Morgan fingerprint density at radius 1 is 1.04 bits per heavy atom. The number of nitriles is 1. The summed E-state index contributed by atoms with van der Waals surface area (Å²) in [6, 6.07) is 15.9. The molecule has 0 aliphatic carbocycles. The van der Waals surface area contributed by atoms with Gasteiger partial charge in [0.1, 0.15) is 17.5 Å². The number of thioether (sulfide) groups is 1. The lowest BCUT2D eigenvalue weighted by molar-refractivity contribution is 1.28. The number of hydrogen-bond acceptors (Lipinski definition) is 5. The molecule has 0 aliphatic rings. The van der Waals surface area contributed by atoms with E-state index < -0.39 is 0 Å². The summed E-state index contributed by atoms with van der Waals surface area (Å²) in [4.78, 5) is 9.54. The Labute approximate surface area is 139 Å². The van der Waals surface area contributed by atoms with Gasteiger partial charge in [0.15, 0.2) is 0 Å². The van der Waals surface area contributed by atoms with Crippen molar-refractivity contribution in [2.75, 3.05) is 12.0 Å². The van der Waals surface area contributed by atoms with E-state index in [-0.39, 0.29) is 5.82 Å². The van der Waals surface area contributed by atoms with Crippen molar-refractivity contribution in [3.8, 4) is 28.5 Å². The normalized spacial score (nSPS) is 10.3. The van der Waals surface area contributed by atoms with Crippen molar-refractivity contribution in [2.24, 2.45) is 0 Å². The van der Waals surface area contributed by atoms with Crippen LogP contribution in [-0.2, 0) is 0 Å². The molecular formula is C18H14N4S. The maximum atomic E-state index is 9.44. The van der Waals surface area contributed by atoms with Crippen molar-refractivity contribution >= 4 is 17.6 Å². The molecule has 2 N–H and O–H groups in total. The van der Waals surface area contributed by atoms with Crippen molar-refractivity contribution in [3.63, 3.8) is 0 Å². The van der Waals surface area contributed by atoms with Crippen molar-refractivity contribution in [2.45, 2.75) is 4.90 Å². The quantitative estimate of drug-likeness (QED) is 0.739. The fraction of sp³-hybridized carbons (Fsp3) is 0.0556. The van der Waals surface area contributed by atoms with Crippen LogP contribution in [0.5, 0.6) is 0 Å². The Hall–Kier alpha value is -2.84. The highest BCUT2D eigenvalue weighted by Gasteiger charge is 2.13. The van der Waals surface area contributed by atoms with Gasteiger partial charge in [0.25, 0.3) is 0 Å². The second-order valence-electron chi connectivity index (χ2n) is 4.89. The number of benzene rings is 1. The van der Waals surface area contributed by atoms with Crippen LogP contribution in [0.3, 0.4) is 0 Å². The third-order valence-electron chi connectivity index (χ3n) is 3.54. The Bertz CT molecular complexity index is 868. The zero-order valence-electron chi connectivity index (χ0n) is 12.5. The van der Waals surface area contributed by atoms with Gasteiger partial charge in [-0.1, -0.05) is 12.1 Å². The van der Waals surface area contributed by atoms with Crippen LogP contribution < -0.4 is 5.73 Å². The van der Waals surface area contributed by atoms with Gasteiger partial charge in [-0.3, -0.25) is 4.98 Å². The number of aromatic nitrogens is 2. The van der Waals surface area contributed by atoms with Gasteiger partial charge < -0.3 is 5.73 Å². The molecule has 0 saturated heterocycles. The number of pyridine rings is 2. The lowest BCUT2D eigenvalue weighted by Crippen LogP contribution is -1.99. The molecule has 1 aromatic carbocycles. The first kappa shape index (κ1) is 15.1. The summed E-state index contributed by atoms with van der Waals surface area (Å²) in [7, 11) is 0. The molecule has 0 aliphatic heterocycles. The first-order valence-corrected chi connectivity index (χ1v) is 8.21. The molecule has 0 bridgehead atoms. The fourth-order valence-electron chi connectivity index (χ4n) is 2.35. The van der Waals surface area contributed by atoms with E-state index in [4.69, 9.17) is 5.73 Å². The Kier molecular flexibility index (Phi) is 4.26. The minimum absolute atomic E-state index is 0.241. The molecule has 112 valence electrons. The summed E-state index contributed by atoms with van der Waals surface area (Å²) in [5, 5.41) is 9.44. The molecule has 0 spiro atoms. The van der Waals surface area contributed by atoms with Gasteiger partial charge in [0, 0.05) is 28.4 Å². The molecule has 0 radical (unpaired) electrons. The monoisotopic (exact) mass is 318 g/mol. The predicted octanol–water partition coefficient (Wildman–Crippen LogP) is 3.99. The molecule has 4 nitrogen and oxygen atoms in total. The third kappa shape index (κ3) is 3.03. The lowest BCUT2D eigenvalue weighted by Gasteiger charge is -2.10. The van der Waals surface area contributed by atoms with E-state index in [1.54, 1.807) is 24.2 Å². The average molecular weight is 318 g/mol. The third-order valence-corrected chi connectivity index (χ3v) is 4.28. The predicted molar refractivity (Wildman–Crippen MR) is 93.8 cm³/mol. The largest absolute Gasteiger partial charge is 0.383 e. The smallest absolute Gasteiger partial charge is 0.142 e. The Balaban J connectivity index is 2.18. The van der Waals surface area contributed by atoms with Gasteiger partial charge >= 0.3 is 0 Å². The van der Waals surface area contributed by atoms with E-state index in [1.165, 1.54) is 4.90 Å². The maximum Gasteiger partial charge on any atom is 0.142 e. The van der Waals surface area contributed by atoms with E-state index in [0.717, 1.165) is 22.4 Å². The number of hydrogen-bond donors (Lipinski definition) is 1. The number of rotatable bonds is 3. The lowest BCUT2D eigenvalue weighted by atomic mass is 9.99. The average Bonchev–Trinajstić information content (AvgIpc) is 2.62. The second-order valence-corrected chi connectivity index (χ2v) is 5.77. The Morgan fingerprint density at radius 3 is 2.35 bits per heavy atom. The van der Waals surface area contributed by atoms with E-state index in [0.29, 0.717) is 5.56 Å². The van der Waals surface area contributed by atoms with Crippen LogP contribution in [0.15, 0.2) is 59.8 Å². The molecule has 3 rings (SSSR count). The SMILES string of the molecule is CSc1ccc(-c2cc(-c3ccncc3)nc(N)c2C#N)cc1. The van der Waals surface area contributed by atoms with E-state index in [1.807, 2.05) is 48.7 Å². The molecule has 0 amide bonds. The molecule has 23 heavy (non-hydrogen) atoms. The Morgan fingerprint density at radius 2 is 1.74 bits per heavy atom. The molecular weight excluding hydrogens is 304 g/mol. The highest BCUT2D eigenvalue weighted by molar-refractivity contribution is 7.98. The molecule has 0 unspecified atom stereocenters. The summed E-state index contributed by atoms with van der Waals surface area (Å²) in [5.74, 6) is 0.241. The van der Waals surface area contributed by atoms with Crippen molar-refractivity contribution in [1.82, 2.24) is 9.97 Å². The summed E-state index contributed by atoms with van der Waals surface area (Å²) in [6.45, 7) is 0. The van der Waals surface area contributed by atoms with Crippen LogP contribution in [0.2, 0.25) is 0 Å². The molecule has 0 fully saturated rings. The topological polar surface area (TPSA) is 75.6 Å². The van der Waals surface area contributed by atoms with Crippen molar-refractivity contribution in [3.05, 3.63) is 60.4 Å². The zero-order chi connectivity index (χ0) is 16.2. The van der Waals surface area contributed by atoms with Crippen molar-refractivity contribution in [1.29, 1.82) is 5.26 Å². The van der Waals surface area contributed by atoms with Gasteiger partial charge in [0.2, 0.25) is 0 Å². The van der Waals surface area contributed by atoms with E-state index in [2.05, 4.69) is 16.0 Å². The number of nitrogen functional groups attached to an aromatic ring is 1. The minimum Gasteiger partial charge on any atom is -0.383 e. The highest BCUT2D eigenvalue weighted by Crippen LogP contribution is 2.31. The number of anilines is 1. The van der Waals surface area contributed by atoms with Crippen molar-refractivity contribution < 1.29 is 0 Å². The molecule has 2 aromatic heterocycles. The zero-order valence-corrected chi connectivity index (χ0v) is 13.3. The van der Waals surface area contributed by atoms with Crippen LogP contribution in [0, 0.1) is 11.3 Å². The van der Waals surface area contributed by atoms with Gasteiger partial charge in [0.05, 0.1) is 5.69 Å². The van der Waals surface area contributed by atoms with Crippen LogP contribution in [-0.4, -0.2) is 16.2 Å². The molecule has 2 heterocycles. The van der Waals surface area contributed by atoms with Crippen LogP contribution >= 0.6 is 11.8 Å². The maximum absolute atomic E-state index is 9.44. The van der Waals surface area contributed by atoms with Crippen LogP contribution in [0.1, 0.15) is 5.56 Å². The van der Waals surface area contributed by atoms with Gasteiger partial charge in [-0.2, -0.15) is 5.26 Å². The summed E-state index contributed by atoms with van der Waals surface area (Å²) >= 11 is 1.68. The number of nitrogens with zero attached hydrogens (tertiary/aromatic N) is 3. The number of nitrogens with two attached hydrogens (primary N) is 1. The molecule has 0 saturated carbocycles. The highest BCUT2D eigenvalue weighted by atomic mass is 32.2. The molecule has 5 heteroatoms. The van der Waals surface area contributed by atoms with Crippen LogP contribution in [0.25, 0.3) is 22.4 Å². The van der Waals surface area contributed by atoms with Gasteiger partial charge in [-0.15, -0.1) is 11.8 Å². The van der Waals surface area contributed by atoms with Gasteiger partial charge in [-0.05, 0) is 42.2 Å². The molecule has 3 aromatic rings. The first-order chi connectivity index (χ1) is 11.2. The van der Waals surface area contributed by atoms with Gasteiger partial charge in [-0.25, -0.2) is 4.98 Å². The first-order valence-electron chi connectivity index (χ1n) is 6.98. The minimum atomic E-state index is 0.241. The summed E-state index contributed by atoms with van der Waals surface area (Å²) in [5.41, 5.74) is 9.80. The summed E-state index contributed by atoms with van der Waals surface area (Å²) < 4.78 is 0. The fourth-order valence-corrected chi connectivity index (χ4v) is 2.76. The molecule has 0 atom stereocenters. The van der Waals surface area contributed by atoms with E-state index in [9.17, 15) is 5.26 Å². The van der Waals surface area contributed by atoms with Crippen LogP contribution in [0.4, 0.5) is 5.82 Å². The van der Waals surface area contributed by atoms with E-state index >= 15 is 0 Å². The summed E-state index contributed by atoms with van der Waals surface area (Å²) in [6.07, 6.45) is 5.44. The standard InChI is InChI=1S/C18H14N4S/c1-23-14-4-2-12(3-5-14)15-10-17(13-6-8-21-9-7-13)22-18(20)16(15)11-19/h2-10H,1H3,(H2,20,22). The second kappa shape index (κ2) is 6.51.